The van der Waals surface area contributed by atoms with Gasteiger partial charge in [0.05, 0.1) is 24.0 Å². The summed E-state index contributed by atoms with van der Waals surface area (Å²) in [6.07, 6.45) is -0.613. The van der Waals surface area contributed by atoms with Crippen LogP contribution in [0.1, 0.15) is 45.6 Å². The van der Waals surface area contributed by atoms with Gasteiger partial charge in [0.25, 0.3) is 0 Å². The van der Waals surface area contributed by atoms with E-state index in [1.807, 2.05) is 30.3 Å². The fourth-order valence-electron chi connectivity index (χ4n) is 3.93. The first-order chi connectivity index (χ1) is 14.9. The molecule has 9 heteroatoms. The van der Waals surface area contributed by atoms with Gasteiger partial charge >= 0.3 is 18.0 Å². The fraction of sp³-hybridized carbons (Fsp3) is 0.609. The first kappa shape index (κ1) is 25.6. The quantitative estimate of drug-likeness (QED) is 0.384. The Bertz CT molecular complexity index is 756. The van der Waals surface area contributed by atoms with E-state index < -0.39 is 47.6 Å². The number of alkyl carbamates (subject to hydrolysis) is 1. The Morgan fingerprint density at radius 1 is 1.03 bits per heavy atom. The van der Waals surface area contributed by atoms with E-state index in [0.29, 0.717) is 6.42 Å². The summed E-state index contributed by atoms with van der Waals surface area (Å²) in [6, 6.07) is 8.36. The number of carbonyl (C=O) groups is 3. The van der Waals surface area contributed by atoms with Crippen molar-refractivity contribution in [1.29, 1.82) is 0 Å². The summed E-state index contributed by atoms with van der Waals surface area (Å²) in [4.78, 5) is 35.2. The normalized spacial score (nSPS) is 23.1. The number of hydrogen-bond donors (Lipinski definition) is 5. The lowest BCUT2D eigenvalue weighted by Gasteiger charge is -2.33. The van der Waals surface area contributed by atoms with Gasteiger partial charge in [-0.3, -0.25) is 9.59 Å². The minimum absolute atomic E-state index is 0.0661. The minimum Gasteiger partial charge on any atom is -0.481 e. The number of nitrogens with one attached hydrogen (secondary N) is 2. The lowest BCUT2D eigenvalue weighted by Crippen LogP contribution is -2.52. The third-order valence-corrected chi connectivity index (χ3v) is 5.49. The molecule has 0 radical (unpaired) electrons. The molecule has 2 rings (SSSR count). The molecule has 1 aliphatic rings. The van der Waals surface area contributed by atoms with E-state index in [-0.39, 0.29) is 31.8 Å². The van der Waals surface area contributed by atoms with Gasteiger partial charge in [-0.1, -0.05) is 30.3 Å². The molecule has 1 aromatic rings. The molecule has 178 valence electrons. The first-order valence-corrected chi connectivity index (χ1v) is 10.8. The summed E-state index contributed by atoms with van der Waals surface area (Å²) in [6.45, 7) is 5.31. The van der Waals surface area contributed by atoms with Gasteiger partial charge in [-0.25, -0.2) is 4.79 Å². The molecule has 0 heterocycles. The van der Waals surface area contributed by atoms with Gasteiger partial charge in [0.15, 0.2) is 0 Å². The van der Waals surface area contributed by atoms with Crippen LogP contribution in [0.3, 0.4) is 0 Å². The van der Waals surface area contributed by atoms with Gasteiger partial charge in [-0.15, -0.1) is 0 Å². The van der Waals surface area contributed by atoms with Crippen LogP contribution in [-0.2, 0) is 20.7 Å². The van der Waals surface area contributed by atoms with Gasteiger partial charge in [0.1, 0.15) is 5.60 Å². The largest absolute Gasteiger partial charge is 0.481 e. The third-order valence-electron chi connectivity index (χ3n) is 5.49. The predicted octanol–water partition coefficient (Wildman–Crippen LogP) is 2.03. The molecule has 0 spiro atoms. The smallest absolute Gasteiger partial charge is 0.407 e. The number of carboxylic acids is 2. The van der Waals surface area contributed by atoms with Gasteiger partial charge in [0.2, 0.25) is 0 Å². The van der Waals surface area contributed by atoms with Crippen LogP contribution < -0.4 is 10.6 Å². The van der Waals surface area contributed by atoms with Crippen LogP contribution in [0.4, 0.5) is 4.79 Å². The number of ether oxygens (including phenoxy) is 1. The maximum absolute atomic E-state index is 12.3. The second-order valence-corrected chi connectivity index (χ2v) is 9.39. The SMILES string of the molecule is CC(C)(C)OC(=O)N[C@@H](Cc1ccccc1)[C@H](O)CNC1C[C@@H](C(=O)O)C[C@@H](C(=O)O)C1. The van der Waals surface area contributed by atoms with Crippen LogP contribution in [0.5, 0.6) is 0 Å². The summed E-state index contributed by atoms with van der Waals surface area (Å²) in [5.74, 6) is -3.53. The fourth-order valence-corrected chi connectivity index (χ4v) is 3.93. The molecule has 1 fully saturated rings. The van der Waals surface area contributed by atoms with Crippen LogP contribution in [0, 0.1) is 11.8 Å². The highest BCUT2D eigenvalue weighted by molar-refractivity contribution is 5.74. The van der Waals surface area contributed by atoms with Crippen LogP contribution in [0.25, 0.3) is 0 Å². The van der Waals surface area contributed by atoms with Crippen molar-refractivity contribution in [3.05, 3.63) is 35.9 Å². The van der Waals surface area contributed by atoms with E-state index in [2.05, 4.69) is 10.6 Å². The molecule has 1 saturated carbocycles. The van der Waals surface area contributed by atoms with E-state index in [0.717, 1.165) is 5.56 Å². The van der Waals surface area contributed by atoms with E-state index >= 15 is 0 Å². The zero-order valence-electron chi connectivity index (χ0n) is 18.8. The standard InChI is InChI=1S/C23H34N2O7/c1-23(2,3)32-22(31)25-18(9-14-7-5-4-6-8-14)19(26)13-24-17-11-15(20(27)28)10-16(12-17)21(29)30/h4-8,15-19,24,26H,9-13H2,1-3H3,(H,25,31)(H,27,28)(H,29,30)/t15-,16+,17?,18-,19+/m0/s1. The highest BCUT2D eigenvalue weighted by Gasteiger charge is 2.36. The Kier molecular flexibility index (Phi) is 9.03. The number of aliphatic hydroxyl groups is 1. The lowest BCUT2D eigenvalue weighted by atomic mass is 9.78. The highest BCUT2D eigenvalue weighted by atomic mass is 16.6. The van der Waals surface area contributed by atoms with Crippen molar-refractivity contribution in [2.24, 2.45) is 11.8 Å². The summed E-state index contributed by atoms with van der Waals surface area (Å²) in [7, 11) is 0. The number of carbonyl (C=O) groups excluding carboxylic acids is 1. The second-order valence-electron chi connectivity index (χ2n) is 9.39. The molecule has 1 aliphatic carbocycles. The van der Waals surface area contributed by atoms with E-state index in [9.17, 15) is 29.7 Å². The Morgan fingerprint density at radius 2 is 1.59 bits per heavy atom. The van der Waals surface area contributed by atoms with Crippen molar-refractivity contribution in [2.45, 2.75) is 70.2 Å². The van der Waals surface area contributed by atoms with Crippen LogP contribution in [0.15, 0.2) is 30.3 Å². The summed E-state index contributed by atoms with van der Waals surface area (Å²) in [5, 5.41) is 35.4. The maximum atomic E-state index is 12.3. The van der Waals surface area contributed by atoms with Crippen LogP contribution in [-0.4, -0.2) is 63.7 Å². The van der Waals surface area contributed by atoms with Crippen molar-refractivity contribution >= 4 is 18.0 Å². The average Bonchev–Trinajstić information content (AvgIpc) is 2.70. The molecule has 1 amide bonds. The Labute approximate surface area is 188 Å². The first-order valence-electron chi connectivity index (χ1n) is 10.8. The topological polar surface area (TPSA) is 145 Å². The molecule has 5 N–H and O–H groups in total. The summed E-state index contributed by atoms with van der Waals surface area (Å²) < 4.78 is 5.32. The Hall–Kier alpha value is -2.65. The highest BCUT2D eigenvalue weighted by Crippen LogP contribution is 2.30. The number of amides is 1. The summed E-state index contributed by atoms with van der Waals surface area (Å²) in [5.41, 5.74) is 0.229. The maximum Gasteiger partial charge on any atom is 0.407 e. The Balaban J connectivity index is 2.04. The van der Waals surface area contributed by atoms with Crippen molar-refractivity contribution in [1.82, 2.24) is 10.6 Å². The Morgan fingerprint density at radius 3 is 2.09 bits per heavy atom. The van der Waals surface area contributed by atoms with Gasteiger partial charge in [-0.2, -0.15) is 0 Å². The number of aliphatic hydroxyl groups excluding tert-OH is 1. The van der Waals surface area contributed by atoms with Gasteiger partial charge in [-0.05, 0) is 52.0 Å². The van der Waals surface area contributed by atoms with Crippen molar-refractivity contribution in [2.75, 3.05) is 6.54 Å². The molecule has 0 aliphatic heterocycles. The second kappa shape index (κ2) is 11.3. The number of aliphatic carboxylic acids is 2. The van der Waals surface area contributed by atoms with Crippen LogP contribution in [0.2, 0.25) is 0 Å². The molecule has 0 bridgehead atoms. The molecule has 1 unspecified atom stereocenters. The molecule has 0 aromatic heterocycles. The predicted molar refractivity (Wildman–Crippen MR) is 117 cm³/mol. The van der Waals surface area contributed by atoms with Crippen LogP contribution >= 0.6 is 0 Å². The molecular weight excluding hydrogens is 416 g/mol. The average molecular weight is 451 g/mol. The monoisotopic (exact) mass is 450 g/mol. The molecular formula is C23H34N2O7. The lowest BCUT2D eigenvalue weighted by molar-refractivity contribution is -0.148. The van der Waals surface area contributed by atoms with Gasteiger partial charge < -0.3 is 30.7 Å². The number of carboxylic acid groups (broad SMARTS) is 2. The molecule has 0 saturated heterocycles. The number of hydrogen-bond acceptors (Lipinski definition) is 6. The van der Waals surface area contributed by atoms with Gasteiger partial charge in [0, 0.05) is 12.6 Å². The number of benzene rings is 1. The van der Waals surface area contributed by atoms with E-state index in [1.165, 1.54) is 0 Å². The summed E-state index contributed by atoms with van der Waals surface area (Å²) >= 11 is 0. The van der Waals surface area contributed by atoms with E-state index in [4.69, 9.17) is 4.74 Å². The molecule has 1 aromatic carbocycles. The molecule has 32 heavy (non-hydrogen) atoms. The zero-order chi connectivity index (χ0) is 23.9. The van der Waals surface area contributed by atoms with Crippen molar-refractivity contribution in [3.8, 4) is 0 Å². The molecule has 5 atom stereocenters. The zero-order valence-corrected chi connectivity index (χ0v) is 18.8. The number of rotatable bonds is 9. The van der Waals surface area contributed by atoms with E-state index in [1.54, 1.807) is 20.8 Å². The third kappa shape index (κ3) is 8.47. The minimum atomic E-state index is -1.02. The van der Waals surface area contributed by atoms with Crippen molar-refractivity contribution in [3.63, 3.8) is 0 Å². The molecule has 9 nitrogen and oxygen atoms in total. The van der Waals surface area contributed by atoms with Crippen molar-refractivity contribution < 1.29 is 34.4 Å².